The van der Waals surface area contributed by atoms with Gasteiger partial charge in [0.1, 0.15) is 5.57 Å². The third-order valence-corrected chi connectivity index (χ3v) is 8.43. The molecule has 1 heterocycles. The number of carbonyl (C=O) groups is 2. The summed E-state index contributed by atoms with van der Waals surface area (Å²) >= 11 is 12.9. The molecule has 0 saturated carbocycles. The van der Waals surface area contributed by atoms with Gasteiger partial charge in [0.25, 0.3) is 5.69 Å². The Morgan fingerprint density at radius 1 is 0.783 bits per heavy atom. The van der Waals surface area contributed by atoms with E-state index in [1.54, 1.807) is 83.6 Å². The second-order valence-corrected chi connectivity index (χ2v) is 11.3. The number of carbonyl (C=O) groups excluding carboxylic acids is 2. The van der Waals surface area contributed by atoms with Crippen molar-refractivity contribution in [2.45, 2.75) is 5.92 Å². The van der Waals surface area contributed by atoms with Crippen molar-refractivity contribution < 1.29 is 28.6 Å². The molecule has 0 fully saturated rings. The van der Waals surface area contributed by atoms with Crippen LogP contribution in [0.5, 0.6) is 0 Å². The van der Waals surface area contributed by atoms with Gasteiger partial charge in [0, 0.05) is 34.2 Å². The molecule has 6 rings (SSSR count). The van der Waals surface area contributed by atoms with Crippen LogP contribution in [0.3, 0.4) is 0 Å². The standard InChI is InChI=1S/C36H25Cl2N2O6/c1-45-35(41)33(32-28-19-23(37)13-15-26(28)27-16-14-24(38)20-29(27)32)34(36(42)46-2)39-18-17-21(25-8-4-6-10-31(25)39)11-12-22-7-3-5-9-30(22)40(43)44/h3-20,32H,1-2H3/q+1/b12-11+,34-33-. The molecular formula is C36H25Cl2N2O6+. The van der Waals surface area contributed by atoms with E-state index in [0.717, 1.165) is 16.7 Å². The molecule has 46 heavy (non-hydrogen) atoms. The van der Waals surface area contributed by atoms with Crippen molar-refractivity contribution in [3.8, 4) is 11.1 Å². The highest BCUT2D eigenvalue weighted by Crippen LogP contribution is 2.50. The SMILES string of the molecule is COC(=O)/C(=C(/C(=O)OC)[n+]1ccc(/C=C/c2ccccc2[N+](=O)[O-])c2ccccc21)C1c2cc(Cl)ccc2-c2ccc(Cl)cc21. The summed E-state index contributed by atoms with van der Waals surface area (Å²) in [6.07, 6.45) is 5.09. The van der Waals surface area contributed by atoms with Crippen LogP contribution in [0, 0.1) is 10.1 Å². The van der Waals surface area contributed by atoms with Gasteiger partial charge in [-0.3, -0.25) is 10.1 Å². The zero-order valence-corrected chi connectivity index (χ0v) is 26.1. The first-order valence-corrected chi connectivity index (χ1v) is 14.8. The Morgan fingerprint density at radius 3 is 2.00 bits per heavy atom. The van der Waals surface area contributed by atoms with Crippen LogP contribution in [0.15, 0.2) is 103 Å². The lowest BCUT2D eigenvalue weighted by molar-refractivity contribution is -0.550. The van der Waals surface area contributed by atoms with Gasteiger partial charge in [-0.2, -0.15) is 4.57 Å². The van der Waals surface area contributed by atoms with E-state index in [4.69, 9.17) is 32.7 Å². The first kappa shape index (κ1) is 30.7. The lowest BCUT2D eigenvalue weighted by atomic mass is 9.87. The summed E-state index contributed by atoms with van der Waals surface area (Å²) in [5, 5.41) is 13.2. The third kappa shape index (κ3) is 5.42. The summed E-state index contributed by atoms with van der Waals surface area (Å²) in [5.41, 5.74) is 4.81. The minimum absolute atomic E-state index is 0.0231. The Bertz CT molecular complexity index is 2090. The topological polar surface area (TPSA) is 99.6 Å². The minimum atomic E-state index is -0.770. The van der Waals surface area contributed by atoms with Gasteiger partial charge < -0.3 is 9.47 Å². The number of methoxy groups -OCH3 is 2. The largest absolute Gasteiger partial charge is 0.465 e. The molecule has 0 saturated heterocycles. The number of para-hydroxylation sites is 2. The Morgan fingerprint density at radius 2 is 1.37 bits per heavy atom. The van der Waals surface area contributed by atoms with Gasteiger partial charge in [0.15, 0.2) is 6.20 Å². The molecule has 1 aliphatic rings. The van der Waals surface area contributed by atoms with Crippen LogP contribution in [0.1, 0.15) is 28.2 Å². The molecule has 0 atom stereocenters. The molecule has 0 unspecified atom stereocenters. The molecule has 0 spiro atoms. The number of fused-ring (bicyclic) bond motifs is 4. The molecule has 10 heteroatoms. The van der Waals surface area contributed by atoms with Gasteiger partial charge >= 0.3 is 17.6 Å². The maximum absolute atomic E-state index is 13.8. The Labute approximate surface area is 273 Å². The number of hydrogen-bond donors (Lipinski definition) is 0. The second-order valence-electron chi connectivity index (χ2n) is 10.4. The molecule has 1 aliphatic carbocycles. The number of nitro groups is 1. The number of esters is 2. The average molecular weight is 653 g/mol. The molecule has 4 aromatic carbocycles. The highest BCUT2D eigenvalue weighted by atomic mass is 35.5. The lowest BCUT2D eigenvalue weighted by Gasteiger charge is -2.18. The molecule has 228 valence electrons. The Kier molecular flexibility index (Phi) is 8.41. The number of nitrogens with zero attached hydrogens (tertiary/aromatic N) is 2. The maximum atomic E-state index is 13.8. The molecule has 5 aromatic rings. The molecule has 0 bridgehead atoms. The minimum Gasteiger partial charge on any atom is -0.465 e. The summed E-state index contributed by atoms with van der Waals surface area (Å²) in [6, 6.07) is 26.3. The van der Waals surface area contributed by atoms with E-state index in [0.29, 0.717) is 37.6 Å². The van der Waals surface area contributed by atoms with Crippen molar-refractivity contribution in [1.29, 1.82) is 0 Å². The first-order valence-electron chi connectivity index (χ1n) is 14.1. The van der Waals surface area contributed by atoms with Crippen molar-refractivity contribution in [2.75, 3.05) is 14.2 Å². The number of ether oxygens (including phenoxy) is 2. The number of pyridine rings is 1. The predicted octanol–water partition coefficient (Wildman–Crippen LogP) is 7.88. The molecule has 0 radical (unpaired) electrons. The Balaban J connectivity index is 1.63. The van der Waals surface area contributed by atoms with Crippen LogP contribution in [0.2, 0.25) is 10.0 Å². The summed E-state index contributed by atoms with van der Waals surface area (Å²) in [4.78, 5) is 38.8. The van der Waals surface area contributed by atoms with E-state index in [2.05, 4.69) is 0 Å². The van der Waals surface area contributed by atoms with Crippen LogP contribution in [0.4, 0.5) is 5.69 Å². The third-order valence-electron chi connectivity index (χ3n) is 7.96. The van der Waals surface area contributed by atoms with Gasteiger partial charge in [-0.1, -0.05) is 65.7 Å². The number of benzene rings is 4. The van der Waals surface area contributed by atoms with Crippen molar-refractivity contribution in [3.63, 3.8) is 0 Å². The molecule has 8 nitrogen and oxygen atoms in total. The van der Waals surface area contributed by atoms with Gasteiger partial charge in [0.2, 0.25) is 5.52 Å². The zero-order valence-electron chi connectivity index (χ0n) is 24.6. The zero-order chi connectivity index (χ0) is 32.5. The van der Waals surface area contributed by atoms with Crippen LogP contribution in [-0.4, -0.2) is 31.1 Å². The number of nitro benzene ring substituents is 1. The van der Waals surface area contributed by atoms with E-state index in [1.165, 1.54) is 20.3 Å². The number of rotatable bonds is 7. The fourth-order valence-electron chi connectivity index (χ4n) is 5.98. The van der Waals surface area contributed by atoms with Gasteiger partial charge in [0.05, 0.1) is 30.1 Å². The quantitative estimate of drug-likeness (QED) is 0.0583. The molecule has 0 N–H and O–H groups in total. The van der Waals surface area contributed by atoms with Crippen molar-refractivity contribution in [3.05, 3.63) is 145 Å². The number of aromatic nitrogens is 1. The molecule has 1 aromatic heterocycles. The smallest absolute Gasteiger partial charge is 0.404 e. The summed E-state index contributed by atoms with van der Waals surface area (Å²) in [5.74, 6) is -2.27. The Hall–Kier alpha value is -5.31. The van der Waals surface area contributed by atoms with Gasteiger partial charge in [-0.15, -0.1) is 0 Å². The second kappa shape index (κ2) is 12.6. The normalized spacial score (nSPS) is 12.9. The molecular weight excluding hydrogens is 627 g/mol. The van der Waals surface area contributed by atoms with E-state index in [-0.39, 0.29) is 17.0 Å². The molecule has 0 amide bonds. The lowest BCUT2D eigenvalue weighted by Crippen LogP contribution is -2.40. The van der Waals surface area contributed by atoms with E-state index in [1.807, 2.05) is 24.3 Å². The highest BCUT2D eigenvalue weighted by molar-refractivity contribution is 6.31. The number of halogens is 2. The van der Waals surface area contributed by atoms with Crippen LogP contribution < -0.4 is 4.57 Å². The monoisotopic (exact) mass is 651 g/mol. The van der Waals surface area contributed by atoms with Crippen molar-refractivity contribution >= 4 is 69.6 Å². The summed E-state index contributed by atoms with van der Waals surface area (Å²) < 4.78 is 12.2. The predicted molar refractivity (Wildman–Crippen MR) is 177 cm³/mol. The maximum Gasteiger partial charge on any atom is 0.404 e. The van der Waals surface area contributed by atoms with E-state index in [9.17, 15) is 19.7 Å². The summed E-state index contributed by atoms with van der Waals surface area (Å²) in [6.45, 7) is 0. The first-order chi connectivity index (χ1) is 22.2. The average Bonchev–Trinajstić information content (AvgIpc) is 3.37. The molecule has 0 aliphatic heterocycles. The summed E-state index contributed by atoms with van der Waals surface area (Å²) in [7, 11) is 2.50. The highest BCUT2D eigenvalue weighted by Gasteiger charge is 2.43. The van der Waals surface area contributed by atoms with Crippen LogP contribution in [0.25, 0.3) is 39.9 Å². The van der Waals surface area contributed by atoms with Crippen LogP contribution >= 0.6 is 23.2 Å². The van der Waals surface area contributed by atoms with E-state index >= 15 is 0 Å². The fourth-order valence-corrected chi connectivity index (χ4v) is 6.34. The van der Waals surface area contributed by atoms with Gasteiger partial charge in [-0.25, -0.2) is 9.59 Å². The van der Waals surface area contributed by atoms with Crippen LogP contribution in [-0.2, 0) is 19.1 Å². The number of hydrogen-bond acceptors (Lipinski definition) is 6. The van der Waals surface area contributed by atoms with Gasteiger partial charge in [-0.05, 0) is 70.3 Å². The van der Waals surface area contributed by atoms with E-state index < -0.39 is 22.8 Å². The fraction of sp³-hybridized carbons (Fsp3) is 0.0833. The van der Waals surface area contributed by atoms with Crippen molar-refractivity contribution in [2.24, 2.45) is 0 Å². The van der Waals surface area contributed by atoms with Crippen molar-refractivity contribution in [1.82, 2.24) is 0 Å².